The van der Waals surface area contributed by atoms with E-state index in [0.717, 1.165) is 78.2 Å². The Kier molecular flexibility index (Phi) is 5.81. The van der Waals surface area contributed by atoms with Gasteiger partial charge in [-0.05, 0) is 77.1 Å². The highest BCUT2D eigenvalue weighted by Gasteiger charge is 2.15. The third-order valence-corrected chi connectivity index (χ3v) is 5.42. The van der Waals surface area contributed by atoms with Crippen LogP contribution in [0.15, 0.2) is 48.5 Å². The predicted octanol–water partition coefficient (Wildman–Crippen LogP) is 5.88. The van der Waals surface area contributed by atoms with Crippen molar-refractivity contribution in [2.45, 2.75) is 45.3 Å². The molecule has 150 valence electrons. The second-order valence-electron chi connectivity index (χ2n) is 7.58. The number of aldehydes is 1. The summed E-state index contributed by atoms with van der Waals surface area (Å²) in [7, 11) is 0. The van der Waals surface area contributed by atoms with E-state index in [-0.39, 0.29) is 12.0 Å². The first-order valence-electron chi connectivity index (χ1n) is 10.3. The minimum atomic E-state index is -0.156. The smallest absolute Gasteiger partial charge is 0.199 e. The highest BCUT2D eigenvalue weighted by atomic mass is 16.7. The molecule has 4 rings (SSSR count). The Morgan fingerprint density at radius 1 is 1.07 bits per heavy atom. The van der Waals surface area contributed by atoms with Crippen molar-refractivity contribution >= 4 is 17.1 Å². The Labute approximate surface area is 171 Å². The van der Waals surface area contributed by atoms with Gasteiger partial charge in [0.2, 0.25) is 0 Å². The van der Waals surface area contributed by atoms with Crippen molar-refractivity contribution in [2.75, 3.05) is 6.61 Å². The number of aromatic hydroxyl groups is 1. The van der Waals surface area contributed by atoms with Crippen LogP contribution in [0.1, 0.15) is 48.5 Å². The van der Waals surface area contributed by atoms with E-state index in [1.165, 1.54) is 0 Å². The van der Waals surface area contributed by atoms with Crippen LogP contribution in [-0.2, 0) is 11.2 Å². The summed E-state index contributed by atoms with van der Waals surface area (Å²) in [5, 5.41) is 12.5. The molecule has 0 bridgehead atoms. The average Bonchev–Trinajstić information content (AvgIpc) is 2.75. The maximum atomic E-state index is 11.4. The standard InChI is InChI=1S/C25H26O4/c1-2-5-20-13-21(14-22(16-26)25(20)27)18-7-8-19-15-23(10-9-17(19)12-18)29-24-6-3-4-11-28-24/h7-10,12-16,24,27H,2-6,11H2,1H3. The number of rotatable bonds is 6. The normalized spacial score (nSPS) is 16.7. The van der Waals surface area contributed by atoms with Crippen LogP contribution in [0.5, 0.6) is 11.5 Å². The zero-order valence-electron chi connectivity index (χ0n) is 16.7. The van der Waals surface area contributed by atoms with Gasteiger partial charge in [-0.1, -0.05) is 31.5 Å². The van der Waals surface area contributed by atoms with Crippen LogP contribution >= 0.6 is 0 Å². The van der Waals surface area contributed by atoms with Gasteiger partial charge in [0, 0.05) is 6.42 Å². The largest absolute Gasteiger partial charge is 0.507 e. The molecule has 4 nitrogen and oxygen atoms in total. The van der Waals surface area contributed by atoms with Gasteiger partial charge in [0.1, 0.15) is 11.5 Å². The van der Waals surface area contributed by atoms with Crippen molar-refractivity contribution < 1.29 is 19.4 Å². The van der Waals surface area contributed by atoms with E-state index >= 15 is 0 Å². The Morgan fingerprint density at radius 3 is 2.66 bits per heavy atom. The van der Waals surface area contributed by atoms with Crippen LogP contribution in [0.2, 0.25) is 0 Å². The summed E-state index contributed by atoms with van der Waals surface area (Å²) in [6, 6.07) is 16.0. The fraction of sp³-hybridized carbons (Fsp3) is 0.320. The molecule has 1 aliphatic heterocycles. The lowest BCUT2D eigenvalue weighted by Crippen LogP contribution is -2.24. The molecular formula is C25H26O4. The molecule has 0 amide bonds. The SMILES string of the molecule is CCCc1cc(-c2ccc3cc(OC4CCCCO4)ccc3c2)cc(C=O)c1O. The Morgan fingerprint density at radius 2 is 1.90 bits per heavy atom. The fourth-order valence-corrected chi connectivity index (χ4v) is 3.87. The Balaban J connectivity index is 1.64. The number of hydrogen-bond donors (Lipinski definition) is 1. The predicted molar refractivity (Wildman–Crippen MR) is 115 cm³/mol. The van der Waals surface area contributed by atoms with Crippen LogP contribution in [-0.4, -0.2) is 24.3 Å². The van der Waals surface area contributed by atoms with Crippen molar-refractivity contribution in [3.8, 4) is 22.6 Å². The number of aryl methyl sites for hydroxylation is 1. The van der Waals surface area contributed by atoms with Gasteiger partial charge in [-0.15, -0.1) is 0 Å². The Bertz CT molecular complexity index is 1020. The monoisotopic (exact) mass is 390 g/mol. The molecule has 0 radical (unpaired) electrons. The Hall–Kier alpha value is -2.85. The molecule has 1 saturated heterocycles. The number of fused-ring (bicyclic) bond motifs is 1. The van der Waals surface area contributed by atoms with E-state index in [2.05, 4.69) is 19.1 Å². The fourth-order valence-electron chi connectivity index (χ4n) is 3.87. The summed E-state index contributed by atoms with van der Waals surface area (Å²) in [4.78, 5) is 11.4. The van der Waals surface area contributed by atoms with Gasteiger partial charge in [-0.3, -0.25) is 4.79 Å². The molecule has 4 heteroatoms. The lowest BCUT2D eigenvalue weighted by molar-refractivity contribution is -0.105. The first-order valence-corrected chi connectivity index (χ1v) is 10.3. The molecule has 1 fully saturated rings. The van der Waals surface area contributed by atoms with Gasteiger partial charge in [0.15, 0.2) is 12.6 Å². The molecule has 29 heavy (non-hydrogen) atoms. The lowest BCUT2D eigenvalue weighted by Gasteiger charge is -2.23. The summed E-state index contributed by atoms with van der Waals surface area (Å²) in [6.07, 6.45) is 5.36. The summed E-state index contributed by atoms with van der Waals surface area (Å²) in [6.45, 7) is 2.82. The number of benzene rings is 3. The molecule has 0 saturated carbocycles. The summed E-state index contributed by atoms with van der Waals surface area (Å²) < 4.78 is 11.6. The molecular weight excluding hydrogens is 364 g/mol. The quantitative estimate of drug-likeness (QED) is 0.534. The van der Waals surface area contributed by atoms with Gasteiger partial charge in [0.05, 0.1) is 12.2 Å². The van der Waals surface area contributed by atoms with Crippen LogP contribution in [0.25, 0.3) is 21.9 Å². The van der Waals surface area contributed by atoms with E-state index in [1.807, 2.05) is 30.3 Å². The van der Waals surface area contributed by atoms with Gasteiger partial charge in [-0.25, -0.2) is 0 Å². The number of ether oxygens (including phenoxy) is 2. The second kappa shape index (κ2) is 8.66. The maximum absolute atomic E-state index is 11.4. The number of hydrogen-bond acceptors (Lipinski definition) is 4. The van der Waals surface area contributed by atoms with Crippen LogP contribution < -0.4 is 4.74 Å². The minimum Gasteiger partial charge on any atom is -0.507 e. The summed E-state index contributed by atoms with van der Waals surface area (Å²) in [5.74, 6) is 0.911. The van der Waals surface area contributed by atoms with E-state index < -0.39 is 0 Å². The first-order chi connectivity index (χ1) is 14.2. The van der Waals surface area contributed by atoms with Crippen molar-refractivity contribution in [3.05, 3.63) is 59.7 Å². The van der Waals surface area contributed by atoms with Crippen molar-refractivity contribution in [2.24, 2.45) is 0 Å². The molecule has 3 aromatic carbocycles. The van der Waals surface area contributed by atoms with Crippen LogP contribution in [0.4, 0.5) is 0 Å². The van der Waals surface area contributed by atoms with Crippen LogP contribution in [0.3, 0.4) is 0 Å². The molecule has 0 aromatic heterocycles. The van der Waals surface area contributed by atoms with E-state index in [4.69, 9.17) is 9.47 Å². The van der Waals surface area contributed by atoms with E-state index in [9.17, 15) is 9.90 Å². The molecule has 1 atom stereocenters. The highest BCUT2D eigenvalue weighted by molar-refractivity contribution is 5.90. The van der Waals surface area contributed by atoms with Crippen molar-refractivity contribution in [1.82, 2.24) is 0 Å². The molecule has 1 aliphatic rings. The number of carbonyl (C=O) groups is 1. The molecule has 1 unspecified atom stereocenters. The molecule has 0 aliphatic carbocycles. The molecule has 3 aromatic rings. The summed E-state index contributed by atoms with van der Waals surface area (Å²) >= 11 is 0. The van der Waals surface area contributed by atoms with Crippen LogP contribution in [0, 0.1) is 0 Å². The first kappa shape index (κ1) is 19.5. The van der Waals surface area contributed by atoms with E-state index in [0.29, 0.717) is 5.56 Å². The van der Waals surface area contributed by atoms with Gasteiger partial charge in [-0.2, -0.15) is 0 Å². The minimum absolute atomic E-state index is 0.0955. The zero-order valence-corrected chi connectivity index (χ0v) is 16.7. The zero-order chi connectivity index (χ0) is 20.2. The lowest BCUT2D eigenvalue weighted by atomic mass is 9.95. The van der Waals surface area contributed by atoms with Crippen molar-refractivity contribution in [1.29, 1.82) is 0 Å². The van der Waals surface area contributed by atoms with E-state index in [1.54, 1.807) is 6.07 Å². The average molecular weight is 390 g/mol. The van der Waals surface area contributed by atoms with Gasteiger partial charge in [0.25, 0.3) is 0 Å². The van der Waals surface area contributed by atoms with Gasteiger partial charge >= 0.3 is 0 Å². The second-order valence-corrected chi connectivity index (χ2v) is 7.58. The third-order valence-electron chi connectivity index (χ3n) is 5.42. The highest BCUT2D eigenvalue weighted by Crippen LogP contribution is 2.33. The molecule has 1 N–H and O–H groups in total. The number of phenols is 1. The number of phenolic OH excluding ortho intramolecular Hbond substituents is 1. The summed E-state index contributed by atoms with van der Waals surface area (Å²) in [5.41, 5.74) is 3.10. The topological polar surface area (TPSA) is 55.8 Å². The third kappa shape index (κ3) is 4.28. The molecule has 1 heterocycles. The maximum Gasteiger partial charge on any atom is 0.199 e. The number of carbonyl (C=O) groups excluding carboxylic acids is 1. The van der Waals surface area contributed by atoms with Crippen molar-refractivity contribution in [3.63, 3.8) is 0 Å². The van der Waals surface area contributed by atoms with Gasteiger partial charge < -0.3 is 14.6 Å². The molecule has 0 spiro atoms.